The Labute approximate surface area is 79.9 Å². The standard InChI is InChI=1S/C8H10N2O4/c1-5-3-2-4-8(9,10(13)14)6(5)7(11)12/h2-4,6H,9H2,1H3,(H,11,12). The Morgan fingerprint density at radius 2 is 2.36 bits per heavy atom. The van der Waals surface area contributed by atoms with Gasteiger partial charge in [0.25, 0.3) is 0 Å². The van der Waals surface area contributed by atoms with Gasteiger partial charge in [0.15, 0.2) is 5.92 Å². The molecule has 1 rings (SSSR count). The van der Waals surface area contributed by atoms with Crippen molar-refractivity contribution in [2.75, 3.05) is 0 Å². The van der Waals surface area contributed by atoms with Crippen molar-refractivity contribution in [2.45, 2.75) is 12.6 Å². The van der Waals surface area contributed by atoms with Crippen LogP contribution in [-0.2, 0) is 4.79 Å². The number of hydrogen-bond donors (Lipinski definition) is 2. The molecule has 2 atom stereocenters. The minimum Gasteiger partial charge on any atom is -0.481 e. The molecule has 76 valence electrons. The summed E-state index contributed by atoms with van der Waals surface area (Å²) in [7, 11) is 0. The van der Waals surface area contributed by atoms with Crippen LogP contribution in [0.25, 0.3) is 0 Å². The Hall–Kier alpha value is -1.69. The van der Waals surface area contributed by atoms with Crippen LogP contribution in [-0.4, -0.2) is 21.7 Å². The zero-order valence-corrected chi connectivity index (χ0v) is 7.51. The molecule has 6 nitrogen and oxygen atoms in total. The van der Waals surface area contributed by atoms with Gasteiger partial charge in [-0.25, -0.2) is 0 Å². The van der Waals surface area contributed by atoms with E-state index in [1.54, 1.807) is 0 Å². The molecule has 0 radical (unpaired) electrons. The van der Waals surface area contributed by atoms with Gasteiger partial charge in [-0.3, -0.25) is 20.6 Å². The van der Waals surface area contributed by atoms with E-state index in [0.29, 0.717) is 5.57 Å². The lowest BCUT2D eigenvalue weighted by Gasteiger charge is -2.26. The summed E-state index contributed by atoms with van der Waals surface area (Å²) in [5.41, 5.74) is 3.77. The zero-order valence-electron chi connectivity index (χ0n) is 7.51. The van der Waals surface area contributed by atoms with Crippen molar-refractivity contribution >= 4 is 5.97 Å². The Balaban J connectivity index is 3.20. The van der Waals surface area contributed by atoms with Gasteiger partial charge >= 0.3 is 11.6 Å². The first-order valence-electron chi connectivity index (χ1n) is 3.92. The first kappa shape index (κ1) is 10.4. The quantitative estimate of drug-likeness (QED) is 0.372. The van der Waals surface area contributed by atoms with Gasteiger partial charge in [-0.1, -0.05) is 17.7 Å². The van der Waals surface area contributed by atoms with Gasteiger partial charge in [0, 0.05) is 11.0 Å². The summed E-state index contributed by atoms with van der Waals surface area (Å²) in [6, 6.07) is 0. The Bertz CT molecular complexity index is 347. The maximum atomic E-state index is 10.8. The molecule has 0 aromatic heterocycles. The van der Waals surface area contributed by atoms with E-state index < -0.39 is 22.5 Å². The molecular formula is C8H10N2O4. The molecule has 0 bridgehead atoms. The van der Waals surface area contributed by atoms with Crippen molar-refractivity contribution in [1.29, 1.82) is 0 Å². The number of carbonyl (C=O) groups is 1. The van der Waals surface area contributed by atoms with Gasteiger partial charge in [0.1, 0.15) is 0 Å². The molecule has 1 aliphatic rings. The highest BCUT2D eigenvalue weighted by Crippen LogP contribution is 2.28. The van der Waals surface area contributed by atoms with Crippen LogP contribution in [0, 0.1) is 16.0 Å². The van der Waals surface area contributed by atoms with E-state index in [-0.39, 0.29) is 0 Å². The number of carboxylic acid groups (broad SMARTS) is 1. The van der Waals surface area contributed by atoms with Crippen molar-refractivity contribution < 1.29 is 14.8 Å². The van der Waals surface area contributed by atoms with Crippen LogP contribution in [0.1, 0.15) is 6.92 Å². The SMILES string of the molecule is CC1=CC=CC(N)([N+](=O)[O-])C1C(=O)O. The number of aliphatic carboxylic acids is 1. The Kier molecular flexibility index (Phi) is 2.39. The first-order valence-corrected chi connectivity index (χ1v) is 3.92. The third-order valence-corrected chi connectivity index (χ3v) is 2.20. The molecule has 3 N–H and O–H groups in total. The maximum absolute atomic E-state index is 10.8. The first-order chi connectivity index (χ1) is 6.39. The maximum Gasteiger partial charge on any atom is 0.320 e. The van der Waals surface area contributed by atoms with Gasteiger partial charge in [0.05, 0.1) is 0 Å². The predicted octanol–water partition coefficient (Wildman–Crippen LogP) is 0.135. The number of rotatable bonds is 2. The average Bonchev–Trinajstić information content (AvgIpc) is 2.02. The summed E-state index contributed by atoms with van der Waals surface area (Å²) in [4.78, 5) is 20.7. The van der Waals surface area contributed by atoms with Crippen molar-refractivity contribution in [3.8, 4) is 0 Å². The van der Waals surface area contributed by atoms with E-state index in [1.165, 1.54) is 19.1 Å². The monoisotopic (exact) mass is 198 g/mol. The van der Waals surface area contributed by atoms with Gasteiger partial charge in [-0.05, 0) is 6.92 Å². The second-order valence-electron chi connectivity index (χ2n) is 3.19. The molecule has 0 aromatic rings. The number of nitrogens with two attached hydrogens (primary N) is 1. The lowest BCUT2D eigenvalue weighted by Crippen LogP contribution is -2.56. The predicted molar refractivity (Wildman–Crippen MR) is 47.9 cm³/mol. The van der Waals surface area contributed by atoms with E-state index in [9.17, 15) is 14.9 Å². The third-order valence-electron chi connectivity index (χ3n) is 2.20. The summed E-state index contributed by atoms with van der Waals surface area (Å²) >= 11 is 0. The normalized spacial score (nSPS) is 31.0. The molecule has 0 amide bonds. The van der Waals surface area contributed by atoms with Gasteiger partial charge in [0.2, 0.25) is 0 Å². The van der Waals surface area contributed by atoms with Crippen molar-refractivity contribution in [3.05, 3.63) is 33.9 Å². The van der Waals surface area contributed by atoms with Crippen molar-refractivity contribution in [1.82, 2.24) is 0 Å². The lowest BCUT2D eigenvalue weighted by molar-refractivity contribution is -0.560. The van der Waals surface area contributed by atoms with E-state index >= 15 is 0 Å². The fourth-order valence-corrected chi connectivity index (χ4v) is 1.47. The molecule has 0 fully saturated rings. The molecule has 0 saturated carbocycles. The van der Waals surface area contributed by atoms with E-state index in [4.69, 9.17) is 10.8 Å². The highest BCUT2D eigenvalue weighted by Gasteiger charge is 2.51. The molecule has 0 spiro atoms. The van der Waals surface area contributed by atoms with Crippen LogP contribution in [0.5, 0.6) is 0 Å². The molecule has 0 saturated heterocycles. The van der Waals surface area contributed by atoms with Crippen LogP contribution in [0.4, 0.5) is 0 Å². The van der Waals surface area contributed by atoms with E-state index in [0.717, 1.165) is 6.08 Å². The fourth-order valence-electron chi connectivity index (χ4n) is 1.47. The summed E-state index contributed by atoms with van der Waals surface area (Å²) in [5.74, 6) is -2.59. The van der Waals surface area contributed by atoms with Gasteiger partial charge in [-0.15, -0.1) is 0 Å². The molecule has 0 aromatic carbocycles. The van der Waals surface area contributed by atoms with Crippen molar-refractivity contribution in [2.24, 2.45) is 11.7 Å². The second-order valence-corrected chi connectivity index (χ2v) is 3.19. The molecule has 0 heterocycles. The second kappa shape index (κ2) is 3.22. The molecule has 1 aliphatic carbocycles. The van der Waals surface area contributed by atoms with E-state index in [1.807, 2.05) is 0 Å². The molecule has 0 aliphatic heterocycles. The summed E-state index contributed by atoms with van der Waals surface area (Å²) in [5, 5.41) is 19.5. The van der Waals surface area contributed by atoms with Gasteiger partial charge < -0.3 is 5.11 Å². The topological polar surface area (TPSA) is 106 Å². The average molecular weight is 198 g/mol. The van der Waals surface area contributed by atoms with Crippen molar-refractivity contribution in [3.63, 3.8) is 0 Å². The van der Waals surface area contributed by atoms with Crippen LogP contribution in [0.2, 0.25) is 0 Å². The van der Waals surface area contributed by atoms with Crippen LogP contribution in [0.3, 0.4) is 0 Å². The Morgan fingerprint density at radius 1 is 1.79 bits per heavy atom. The molecule has 6 heteroatoms. The Morgan fingerprint density at radius 3 is 2.71 bits per heavy atom. The number of nitrogens with zero attached hydrogens (tertiary/aromatic N) is 1. The highest BCUT2D eigenvalue weighted by molar-refractivity contribution is 5.76. The summed E-state index contributed by atoms with van der Waals surface area (Å²) in [6.07, 6.45) is 4.00. The number of hydrogen-bond acceptors (Lipinski definition) is 4. The van der Waals surface area contributed by atoms with Gasteiger partial charge in [-0.2, -0.15) is 0 Å². The lowest BCUT2D eigenvalue weighted by atomic mass is 9.83. The summed E-state index contributed by atoms with van der Waals surface area (Å²) < 4.78 is 0. The molecule has 14 heavy (non-hydrogen) atoms. The fraction of sp³-hybridized carbons (Fsp3) is 0.375. The number of nitro groups is 1. The molecule has 2 unspecified atom stereocenters. The minimum atomic E-state index is -2.04. The highest BCUT2D eigenvalue weighted by atomic mass is 16.6. The molecular weight excluding hydrogens is 188 g/mol. The largest absolute Gasteiger partial charge is 0.481 e. The van der Waals surface area contributed by atoms with Crippen LogP contribution < -0.4 is 5.73 Å². The van der Waals surface area contributed by atoms with Crippen LogP contribution >= 0.6 is 0 Å². The van der Waals surface area contributed by atoms with Crippen LogP contribution in [0.15, 0.2) is 23.8 Å². The minimum absolute atomic E-state index is 0.374. The zero-order chi connectivity index (χ0) is 10.9. The smallest absolute Gasteiger partial charge is 0.320 e. The number of carboxylic acids is 1. The third kappa shape index (κ3) is 1.39. The summed E-state index contributed by atoms with van der Waals surface area (Å²) in [6.45, 7) is 1.51. The van der Waals surface area contributed by atoms with E-state index in [2.05, 4.69) is 0 Å². The number of allylic oxidation sites excluding steroid dienone is 2.